The first-order valence-electron chi connectivity index (χ1n) is 2.34. The van der Waals surface area contributed by atoms with Crippen LogP contribution in [0.4, 0.5) is 0 Å². The van der Waals surface area contributed by atoms with E-state index in [0.29, 0.717) is 5.72 Å². The fraction of sp³-hybridized carbons (Fsp3) is 0.200. The van der Waals surface area contributed by atoms with Gasteiger partial charge >= 0.3 is 0 Å². The molecule has 0 aliphatic heterocycles. The molecule has 2 nitrogen and oxygen atoms in total. The number of hydrogen-bond donors (Lipinski definition) is 0. The van der Waals surface area contributed by atoms with Gasteiger partial charge in [-0.3, -0.25) is 9.97 Å². The first kappa shape index (κ1) is 5.28. The quantitative estimate of drug-likeness (QED) is 0.417. The predicted molar refractivity (Wildman–Crippen MR) is 32.2 cm³/mol. The Bertz CT molecular complexity index is 170. The third kappa shape index (κ3) is 1.06. The number of nitrogens with zero attached hydrogens (tertiary/aromatic N) is 2. The Morgan fingerprint density at radius 2 is 2.38 bits per heavy atom. The predicted octanol–water partition coefficient (Wildman–Crippen LogP) is -0.421. The van der Waals surface area contributed by atoms with Crippen LogP contribution in [0, 0.1) is 6.92 Å². The summed E-state index contributed by atoms with van der Waals surface area (Å²) in [6.45, 7) is 1.87. The molecular weight excluding hydrogens is 98.9 g/mol. The average Bonchev–Trinajstić information content (AvgIpc) is 1.64. The minimum atomic E-state index is 0.338. The second kappa shape index (κ2) is 1.94. The van der Waals surface area contributed by atoms with Crippen LogP contribution in [-0.2, 0) is 0 Å². The average molecular weight is 104 g/mol. The summed E-state index contributed by atoms with van der Waals surface area (Å²) in [5.41, 5.74) is 1.24. The Labute approximate surface area is 49.4 Å². The fourth-order valence-electron chi connectivity index (χ4n) is 0.468. The van der Waals surface area contributed by atoms with Crippen molar-refractivity contribution in [3.63, 3.8) is 0 Å². The van der Waals surface area contributed by atoms with Crippen LogP contribution in [0.15, 0.2) is 12.3 Å². The molecule has 0 aliphatic rings. The van der Waals surface area contributed by atoms with E-state index < -0.39 is 0 Å². The zero-order valence-electron chi connectivity index (χ0n) is 4.63. The van der Waals surface area contributed by atoms with E-state index in [4.69, 9.17) is 7.85 Å². The van der Waals surface area contributed by atoms with Crippen molar-refractivity contribution in [3.8, 4) is 0 Å². The number of aromatic nitrogens is 2. The molecule has 38 valence electrons. The minimum absolute atomic E-state index is 0.338. The normalized spacial score (nSPS) is 9.12. The van der Waals surface area contributed by atoms with Crippen LogP contribution in [0.2, 0.25) is 0 Å². The van der Waals surface area contributed by atoms with Gasteiger partial charge in [-0.2, -0.15) is 0 Å². The summed E-state index contributed by atoms with van der Waals surface area (Å²) in [6, 6.07) is 1.80. The molecule has 8 heavy (non-hydrogen) atoms. The van der Waals surface area contributed by atoms with Crippen molar-refractivity contribution in [2.75, 3.05) is 0 Å². The number of hydrogen-bond acceptors (Lipinski definition) is 2. The second-order valence-corrected chi connectivity index (χ2v) is 1.56. The fourth-order valence-corrected chi connectivity index (χ4v) is 0.468. The van der Waals surface area contributed by atoms with Crippen molar-refractivity contribution in [1.82, 2.24) is 9.97 Å². The monoisotopic (exact) mass is 104 g/mol. The lowest BCUT2D eigenvalue weighted by molar-refractivity contribution is 1.16. The Kier molecular flexibility index (Phi) is 1.28. The van der Waals surface area contributed by atoms with E-state index in [0.717, 1.165) is 5.69 Å². The minimum Gasteiger partial charge on any atom is -0.254 e. The van der Waals surface area contributed by atoms with Crippen LogP contribution >= 0.6 is 0 Å². The summed E-state index contributed by atoms with van der Waals surface area (Å²) in [5, 5.41) is 0. The topological polar surface area (TPSA) is 25.8 Å². The molecule has 3 heteroatoms. The summed E-state index contributed by atoms with van der Waals surface area (Å²) in [4.78, 5) is 7.55. The Hall–Kier alpha value is -0.855. The van der Waals surface area contributed by atoms with Crippen molar-refractivity contribution in [3.05, 3.63) is 18.0 Å². The highest BCUT2D eigenvalue weighted by Gasteiger charge is 1.83. The highest BCUT2D eigenvalue weighted by molar-refractivity contribution is 6.28. The maximum Gasteiger partial charge on any atom is 0.170 e. The lowest BCUT2D eigenvalue weighted by Crippen LogP contribution is -2.12. The molecule has 2 radical (unpaired) electrons. The van der Waals surface area contributed by atoms with Crippen molar-refractivity contribution in [1.29, 1.82) is 0 Å². The molecule has 0 fully saturated rings. The van der Waals surface area contributed by atoms with Gasteiger partial charge in [0.2, 0.25) is 0 Å². The molecule has 0 saturated heterocycles. The summed E-state index contributed by atoms with van der Waals surface area (Å²) in [7, 11) is 5.24. The van der Waals surface area contributed by atoms with Crippen LogP contribution in [0.5, 0.6) is 0 Å². The van der Waals surface area contributed by atoms with E-state index in [-0.39, 0.29) is 0 Å². The first-order valence-corrected chi connectivity index (χ1v) is 2.34. The van der Waals surface area contributed by atoms with Gasteiger partial charge < -0.3 is 0 Å². The van der Waals surface area contributed by atoms with Crippen molar-refractivity contribution in [2.45, 2.75) is 6.92 Å². The molecule has 1 rings (SSSR count). The van der Waals surface area contributed by atoms with Gasteiger partial charge in [0, 0.05) is 11.9 Å². The smallest absolute Gasteiger partial charge is 0.170 e. The van der Waals surface area contributed by atoms with Gasteiger partial charge in [-0.25, -0.2) is 0 Å². The van der Waals surface area contributed by atoms with Gasteiger partial charge in [0.1, 0.15) is 0 Å². The summed E-state index contributed by atoms with van der Waals surface area (Å²) in [6.07, 6.45) is 1.64. The first-order chi connectivity index (χ1) is 3.79. The molecule has 0 spiro atoms. The van der Waals surface area contributed by atoms with Crippen LogP contribution < -0.4 is 5.72 Å². The number of rotatable bonds is 0. The maximum atomic E-state index is 5.24. The van der Waals surface area contributed by atoms with Gasteiger partial charge in [-0.05, 0) is 13.0 Å². The Balaban J connectivity index is 3.08. The maximum absolute atomic E-state index is 5.24. The van der Waals surface area contributed by atoms with E-state index in [9.17, 15) is 0 Å². The van der Waals surface area contributed by atoms with Crippen LogP contribution in [0.25, 0.3) is 0 Å². The molecule has 0 amide bonds. The second-order valence-electron chi connectivity index (χ2n) is 1.56. The van der Waals surface area contributed by atoms with E-state index in [2.05, 4.69) is 9.97 Å². The Morgan fingerprint density at radius 1 is 1.62 bits per heavy atom. The largest absolute Gasteiger partial charge is 0.254 e. The van der Waals surface area contributed by atoms with Crippen molar-refractivity contribution in [2.24, 2.45) is 0 Å². The summed E-state index contributed by atoms with van der Waals surface area (Å²) < 4.78 is 0. The van der Waals surface area contributed by atoms with Gasteiger partial charge in [0.05, 0.1) is 5.72 Å². The van der Waals surface area contributed by atoms with Crippen molar-refractivity contribution < 1.29 is 0 Å². The van der Waals surface area contributed by atoms with E-state index >= 15 is 0 Å². The molecule has 1 aromatic heterocycles. The number of aryl methyl sites for hydroxylation is 1. The van der Waals surface area contributed by atoms with Crippen LogP contribution in [0.3, 0.4) is 0 Å². The van der Waals surface area contributed by atoms with E-state index in [1.807, 2.05) is 6.92 Å². The zero-order chi connectivity index (χ0) is 5.98. The highest BCUT2D eigenvalue weighted by Crippen LogP contribution is 1.80. The molecule has 0 atom stereocenters. The van der Waals surface area contributed by atoms with Crippen LogP contribution in [0.1, 0.15) is 5.69 Å². The van der Waals surface area contributed by atoms with Gasteiger partial charge in [0.15, 0.2) is 7.85 Å². The third-order valence-electron chi connectivity index (χ3n) is 0.813. The molecule has 0 aromatic carbocycles. The van der Waals surface area contributed by atoms with Gasteiger partial charge in [-0.1, -0.05) is 0 Å². The molecule has 1 aromatic rings. The van der Waals surface area contributed by atoms with E-state index in [1.54, 1.807) is 12.3 Å². The lowest BCUT2D eigenvalue weighted by atomic mass is 10.1. The molecule has 0 aliphatic carbocycles. The molecule has 0 saturated carbocycles. The molecule has 1 heterocycles. The standard InChI is InChI=1S/C5H5BN2/c1-4-2-3-7-5(6)8-4/h2-3H,1H3. The van der Waals surface area contributed by atoms with E-state index in [1.165, 1.54) is 0 Å². The molecule has 0 unspecified atom stereocenters. The van der Waals surface area contributed by atoms with Crippen molar-refractivity contribution >= 4 is 13.6 Å². The molecule has 0 bridgehead atoms. The van der Waals surface area contributed by atoms with Gasteiger partial charge in [-0.15, -0.1) is 0 Å². The summed E-state index contributed by atoms with van der Waals surface area (Å²) >= 11 is 0. The zero-order valence-corrected chi connectivity index (χ0v) is 4.63. The Morgan fingerprint density at radius 3 is 2.75 bits per heavy atom. The molecule has 0 N–H and O–H groups in total. The van der Waals surface area contributed by atoms with Gasteiger partial charge in [0.25, 0.3) is 0 Å². The SMILES string of the molecule is [B]c1nccc(C)n1. The molecular formula is C5H5BN2. The highest BCUT2D eigenvalue weighted by atomic mass is 14.8. The van der Waals surface area contributed by atoms with Crippen LogP contribution in [-0.4, -0.2) is 17.8 Å². The third-order valence-corrected chi connectivity index (χ3v) is 0.813. The summed E-state index contributed by atoms with van der Waals surface area (Å²) in [5.74, 6) is 0. The lowest BCUT2D eigenvalue weighted by Gasteiger charge is -1.89.